The molecule has 1 aliphatic rings. The van der Waals surface area contributed by atoms with E-state index in [0.717, 1.165) is 28.2 Å². The Bertz CT molecular complexity index is 839. The number of para-hydroxylation sites is 1. The van der Waals surface area contributed by atoms with Gasteiger partial charge in [0.25, 0.3) is 0 Å². The van der Waals surface area contributed by atoms with E-state index in [9.17, 15) is 9.90 Å². The van der Waals surface area contributed by atoms with Crippen LogP contribution in [0.25, 0.3) is 0 Å². The number of hydrazine groups is 1. The zero-order valence-electron chi connectivity index (χ0n) is 15.1. The SMILES string of the molecule is Cc1cccc(C)c1N(CNc1cccc(N2NN=NC2S)c1)CC(=O)O. The molecule has 0 saturated heterocycles. The Morgan fingerprint density at radius 1 is 1.30 bits per heavy atom. The van der Waals surface area contributed by atoms with Gasteiger partial charge in [-0.1, -0.05) is 29.5 Å². The fourth-order valence-corrected chi connectivity index (χ4v) is 3.29. The number of carboxylic acid groups (broad SMARTS) is 1. The number of carbonyl (C=O) groups is 1. The Morgan fingerprint density at radius 3 is 2.63 bits per heavy atom. The quantitative estimate of drug-likeness (QED) is 0.432. The van der Waals surface area contributed by atoms with Crippen LogP contribution in [-0.4, -0.2) is 29.8 Å². The molecule has 0 amide bonds. The number of aryl methyl sites for hydroxylation is 2. The zero-order valence-corrected chi connectivity index (χ0v) is 16.0. The Hall–Kier alpha value is -2.94. The highest BCUT2D eigenvalue weighted by atomic mass is 32.1. The van der Waals surface area contributed by atoms with Crippen molar-refractivity contribution in [3.05, 3.63) is 53.6 Å². The van der Waals surface area contributed by atoms with Crippen molar-refractivity contribution in [3.8, 4) is 0 Å². The van der Waals surface area contributed by atoms with Gasteiger partial charge in [0.05, 0.1) is 12.4 Å². The highest BCUT2D eigenvalue weighted by Gasteiger charge is 2.19. The number of thiol groups is 1. The highest BCUT2D eigenvalue weighted by molar-refractivity contribution is 7.81. The molecule has 1 heterocycles. The smallest absolute Gasteiger partial charge is 0.323 e. The van der Waals surface area contributed by atoms with Crippen LogP contribution in [0.2, 0.25) is 0 Å². The summed E-state index contributed by atoms with van der Waals surface area (Å²) in [7, 11) is 0. The number of nitrogens with zero attached hydrogens (tertiary/aromatic N) is 4. The lowest BCUT2D eigenvalue weighted by Crippen LogP contribution is -2.35. The van der Waals surface area contributed by atoms with Gasteiger partial charge in [-0.05, 0) is 43.2 Å². The highest BCUT2D eigenvalue weighted by Crippen LogP contribution is 2.26. The molecule has 0 fully saturated rings. The molecular formula is C18H22N6O2S. The second-order valence-electron chi connectivity index (χ2n) is 6.25. The van der Waals surface area contributed by atoms with E-state index in [-0.39, 0.29) is 6.54 Å². The van der Waals surface area contributed by atoms with Crippen molar-refractivity contribution in [3.63, 3.8) is 0 Å². The number of hydrogen-bond donors (Lipinski definition) is 4. The summed E-state index contributed by atoms with van der Waals surface area (Å²) in [6.45, 7) is 4.23. The molecule has 0 saturated carbocycles. The fraction of sp³-hybridized carbons (Fsp3) is 0.278. The predicted molar refractivity (Wildman–Crippen MR) is 109 cm³/mol. The summed E-state index contributed by atoms with van der Waals surface area (Å²) in [4.78, 5) is 13.2. The molecule has 1 unspecified atom stereocenters. The second kappa shape index (κ2) is 8.17. The molecule has 8 nitrogen and oxygen atoms in total. The van der Waals surface area contributed by atoms with Crippen LogP contribution in [0.1, 0.15) is 11.1 Å². The molecule has 3 rings (SSSR count). The minimum absolute atomic E-state index is 0.0947. The molecule has 0 aromatic heterocycles. The largest absolute Gasteiger partial charge is 0.480 e. The summed E-state index contributed by atoms with van der Waals surface area (Å²) < 4.78 is 0. The number of anilines is 3. The second-order valence-corrected chi connectivity index (χ2v) is 6.71. The molecule has 2 aromatic carbocycles. The molecule has 27 heavy (non-hydrogen) atoms. The van der Waals surface area contributed by atoms with Crippen LogP contribution in [0.3, 0.4) is 0 Å². The number of nitrogens with one attached hydrogen (secondary N) is 2. The zero-order chi connectivity index (χ0) is 19.4. The molecule has 3 N–H and O–H groups in total. The first kappa shape index (κ1) is 18.8. The number of carboxylic acids is 1. The van der Waals surface area contributed by atoms with Gasteiger partial charge in [-0.15, -0.1) is 17.7 Å². The van der Waals surface area contributed by atoms with E-state index in [1.807, 2.05) is 61.2 Å². The lowest BCUT2D eigenvalue weighted by Gasteiger charge is -2.27. The third-order valence-corrected chi connectivity index (χ3v) is 4.56. The maximum Gasteiger partial charge on any atom is 0.323 e. The molecule has 0 aliphatic carbocycles. The Balaban J connectivity index is 1.77. The molecule has 0 radical (unpaired) electrons. The number of aliphatic carboxylic acids is 1. The monoisotopic (exact) mass is 386 g/mol. The summed E-state index contributed by atoms with van der Waals surface area (Å²) >= 11 is 4.33. The molecule has 2 aromatic rings. The standard InChI is InChI=1S/C18H22N6O2S/c1-12-5-3-6-13(2)17(12)23(10-16(25)26)11-19-14-7-4-8-15(9-14)24-18(27)20-21-22-24/h3-9,18-19,27H,10-11H2,1-2H3,(H,20,22)(H,25,26). The molecule has 142 valence electrons. The molecule has 1 atom stereocenters. The van der Waals surface area contributed by atoms with Gasteiger partial charge in [0, 0.05) is 11.4 Å². The average molecular weight is 386 g/mol. The van der Waals surface area contributed by atoms with Gasteiger partial charge in [-0.2, -0.15) is 5.53 Å². The molecule has 9 heteroatoms. The molecule has 0 spiro atoms. The summed E-state index contributed by atoms with van der Waals surface area (Å²) in [5.41, 5.74) is 7.09. The Kier molecular flexibility index (Phi) is 5.70. The van der Waals surface area contributed by atoms with Crippen LogP contribution < -0.4 is 20.8 Å². The average Bonchev–Trinajstić information content (AvgIpc) is 3.05. The first-order chi connectivity index (χ1) is 13.0. The van der Waals surface area contributed by atoms with Gasteiger partial charge in [-0.25, -0.2) is 5.01 Å². The van der Waals surface area contributed by atoms with E-state index in [1.165, 1.54) is 0 Å². The summed E-state index contributed by atoms with van der Waals surface area (Å²) in [5.74, 6) is -0.879. The Morgan fingerprint density at radius 2 is 2.00 bits per heavy atom. The van der Waals surface area contributed by atoms with Crippen molar-refractivity contribution < 1.29 is 9.90 Å². The first-order valence-electron chi connectivity index (χ1n) is 8.45. The van der Waals surface area contributed by atoms with E-state index in [4.69, 9.17) is 0 Å². The third-order valence-electron chi connectivity index (χ3n) is 4.22. The number of benzene rings is 2. The van der Waals surface area contributed by atoms with Gasteiger partial charge in [-0.3, -0.25) is 4.79 Å². The maximum atomic E-state index is 11.4. The summed E-state index contributed by atoms with van der Waals surface area (Å²) in [5, 5.41) is 22.0. The predicted octanol–water partition coefficient (Wildman–Crippen LogP) is 3.17. The summed E-state index contributed by atoms with van der Waals surface area (Å²) in [6.07, 6.45) is 0. The van der Waals surface area contributed by atoms with E-state index in [1.54, 1.807) is 5.01 Å². The van der Waals surface area contributed by atoms with E-state index < -0.39 is 11.5 Å². The molecule has 0 bridgehead atoms. The van der Waals surface area contributed by atoms with Crippen LogP contribution in [0.15, 0.2) is 52.8 Å². The van der Waals surface area contributed by atoms with Gasteiger partial charge < -0.3 is 15.3 Å². The lowest BCUT2D eigenvalue weighted by molar-refractivity contribution is -0.135. The molecular weight excluding hydrogens is 364 g/mol. The summed E-state index contributed by atoms with van der Waals surface area (Å²) in [6, 6.07) is 13.6. The van der Waals surface area contributed by atoms with Crippen molar-refractivity contribution in [2.45, 2.75) is 19.3 Å². The minimum Gasteiger partial charge on any atom is -0.480 e. The van der Waals surface area contributed by atoms with Crippen LogP contribution in [0.4, 0.5) is 17.1 Å². The fourth-order valence-electron chi connectivity index (χ4n) is 3.05. The van der Waals surface area contributed by atoms with Crippen LogP contribution >= 0.6 is 12.6 Å². The van der Waals surface area contributed by atoms with E-state index in [2.05, 4.69) is 33.8 Å². The van der Waals surface area contributed by atoms with Crippen LogP contribution in [0.5, 0.6) is 0 Å². The van der Waals surface area contributed by atoms with Gasteiger partial charge in [0.2, 0.25) is 5.50 Å². The van der Waals surface area contributed by atoms with Gasteiger partial charge >= 0.3 is 5.97 Å². The lowest BCUT2D eigenvalue weighted by atomic mass is 10.1. The third kappa shape index (κ3) is 4.43. The van der Waals surface area contributed by atoms with Crippen molar-refractivity contribution in [1.29, 1.82) is 0 Å². The molecule has 1 aliphatic heterocycles. The van der Waals surface area contributed by atoms with Gasteiger partial charge in [0.15, 0.2) is 0 Å². The van der Waals surface area contributed by atoms with E-state index >= 15 is 0 Å². The van der Waals surface area contributed by atoms with Crippen molar-refractivity contribution in [2.75, 3.05) is 28.4 Å². The van der Waals surface area contributed by atoms with Crippen molar-refractivity contribution in [1.82, 2.24) is 5.53 Å². The van der Waals surface area contributed by atoms with Gasteiger partial charge in [0.1, 0.15) is 6.54 Å². The van der Waals surface area contributed by atoms with Crippen molar-refractivity contribution >= 4 is 35.7 Å². The van der Waals surface area contributed by atoms with Crippen LogP contribution in [0, 0.1) is 13.8 Å². The minimum atomic E-state index is -0.879. The normalized spacial score (nSPS) is 15.5. The maximum absolute atomic E-state index is 11.4. The van der Waals surface area contributed by atoms with Crippen LogP contribution in [-0.2, 0) is 4.79 Å². The number of hydrogen-bond acceptors (Lipinski definition) is 8. The van der Waals surface area contributed by atoms with E-state index in [0.29, 0.717) is 6.67 Å². The Labute approximate surface area is 163 Å². The first-order valence-corrected chi connectivity index (χ1v) is 8.97. The topological polar surface area (TPSA) is 92.6 Å². The van der Waals surface area contributed by atoms with Crippen molar-refractivity contribution in [2.24, 2.45) is 10.3 Å². The number of rotatable bonds is 7.